The second kappa shape index (κ2) is 6.27. The molecule has 0 saturated heterocycles. The van der Waals surface area contributed by atoms with Crippen molar-refractivity contribution in [2.75, 3.05) is 18.5 Å². The average molecular weight is 276 g/mol. The van der Waals surface area contributed by atoms with Gasteiger partial charge < -0.3 is 15.4 Å². The molecule has 1 aliphatic rings. The highest BCUT2D eigenvalue weighted by molar-refractivity contribution is 5.85. The highest BCUT2D eigenvalue weighted by Crippen LogP contribution is 2.24. The van der Waals surface area contributed by atoms with E-state index in [1.54, 1.807) is 0 Å². The van der Waals surface area contributed by atoms with Crippen LogP contribution in [0.4, 0.5) is 5.69 Å². The number of nitrogens with one attached hydrogen (secondary N) is 2. The van der Waals surface area contributed by atoms with Crippen LogP contribution in [0.2, 0.25) is 0 Å². The van der Waals surface area contributed by atoms with E-state index in [-0.39, 0.29) is 17.6 Å². The summed E-state index contributed by atoms with van der Waals surface area (Å²) in [5.74, 6) is 0.0484. The Hall–Kier alpha value is -1.55. The van der Waals surface area contributed by atoms with Gasteiger partial charge in [-0.2, -0.15) is 0 Å². The zero-order valence-corrected chi connectivity index (χ0v) is 12.5. The monoisotopic (exact) mass is 276 g/mol. The standard InChI is InChI=1S/C16H24N2O2/c1-4-20-16(2,3)11-17-15(19)14-10-9-12-7-5-6-8-13(12)18-14/h5-8,14,18H,4,9-11H2,1-3H3,(H,17,19). The molecule has 2 N–H and O–H groups in total. The summed E-state index contributed by atoms with van der Waals surface area (Å²) in [7, 11) is 0. The van der Waals surface area contributed by atoms with Gasteiger partial charge >= 0.3 is 0 Å². The van der Waals surface area contributed by atoms with Crippen LogP contribution in [0.25, 0.3) is 0 Å². The summed E-state index contributed by atoms with van der Waals surface area (Å²) in [6.07, 6.45) is 1.77. The van der Waals surface area contributed by atoms with Crippen molar-refractivity contribution in [3.05, 3.63) is 29.8 Å². The van der Waals surface area contributed by atoms with Gasteiger partial charge in [-0.1, -0.05) is 18.2 Å². The summed E-state index contributed by atoms with van der Waals surface area (Å²) in [6.45, 7) is 7.11. The van der Waals surface area contributed by atoms with Crippen LogP contribution in [-0.4, -0.2) is 30.7 Å². The molecule has 20 heavy (non-hydrogen) atoms. The molecule has 1 heterocycles. The molecule has 4 nitrogen and oxygen atoms in total. The highest BCUT2D eigenvalue weighted by Gasteiger charge is 2.25. The van der Waals surface area contributed by atoms with Crippen LogP contribution < -0.4 is 10.6 Å². The van der Waals surface area contributed by atoms with Crippen LogP contribution in [0.1, 0.15) is 32.8 Å². The molecule has 1 aliphatic heterocycles. The summed E-state index contributed by atoms with van der Waals surface area (Å²) < 4.78 is 5.59. The zero-order chi connectivity index (χ0) is 14.6. The predicted molar refractivity (Wildman–Crippen MR) is 80.9 cm³/mol. The summed E-state index contributed by atoms with van der Waals surface area (Å²) in [6, 6.07) is 8.01. The average Bonchev–Trinajstić information content (AvgIpc) is 2.44. The molecule has 1 unspecified atom stereocenters. The molecule has 0 bridgehead atoms. The molecule has 1 amide bonds. The minimum Gasteiger partial charge on any atom is -0.374 e. The predicted octanol–water partition coefficient (Wildman–Crippen LogP) is 2.34. The van der Waals surface area contributed by atoms with Gasteiger partial charge in [0.1, 0.15) is 6.04 Å². The van der Waals surface area contributed by atoms with E-state index in [1.807, 2.05) is 39.0 Å². The van der Waals surface area contributed by atoms with Crippen molar-refractivity contribution in [3.63, 3.8) is 0 Å². The molecular weight excluding hydrogens is 252 g/mol. The topological polar surface area (TPSA) is 50.4 Å². The summed E-state index contributed by atoms with van der Waals surface area (Å²) >= 11 is 0. The molecule has 0 aromatic heterocycles. The number of amides is 1. The van der Waals surface area contributed by atoms with E-state index in [4.69, 9.17) is 4.74 Å². The van der Waals surface area contributed by atoms with E-state index in [9.17, 15) is 4.79 Å². The number of rotatable bonds is 5. The SMILES string of the molecule is CCOC(C)(C)CNC(=O)C1CCc2ccccc2N1. The molecule has 0 saturated carbocycles. The van der Waals surface area contributed by atoms with Crippen LogP contribution >= 0.6 is 0 Å². The number of carbonyl (C=O) groups is 1. The number of para-hydroxylation sites is 1. The largest absolute Gasteiger partial charge is 0.374 e. The highest BCUT2D eigenvalue weighted by atomic mass is 16.5. The van der Waals surface area contributed by atoms with Gasteiger partial charge in [-0.3, -0.25) is 4.79 Å². The molecule has 1 aromatic rings. The van der Waals surface area contributed by atoms with Gasteiger partial charge in [0, 0.05) is 18.8 Å². The molecule has 1 atom stereocenters. The van der Waals surface area contributed by atoms with Crippen LogP contribution in [0, 0.1) is 0 Å². The molecule has 0 fully saturated rings. The number of hydrogen-bond donors (Lipinski definition) is 2. The van der Waals surface area contributed by atoms with Gasteiger partial charge in [-0.05, 0) is 45.2 Å². The first kappa shape index (κ1) is 14.9. The molecule has 0 spiro atoms. The third-order valence-electron chi connectivity index (χ3n) is 3.59. The van der Waals surface area contributed by atoms with Gasteiger partial charge in [0.2, 0.25) is 5.91 Å². The van der Waals surface area contributed by atoms with E-state index >= 15 is 0 Å². The van der Waals surface area contributed by atoms with Crippen LogP contribution in [0.5, 0.6) is 0 Å². The fourth-order valence-electron chi connectivity index (χ4n) is 2.50. The number of aryl methyl sites for hydroxylation is 1. The Bertz CT molecular complexity index is 471. The number of fused-ring (bicyclic) bond motifs is 1. The quantitative estimate of drug-likeness (QED) is 0.868. The Balaban J connectivity index is 1.89. The zero-order valence-electron chi connectivity index (χ0n) is 12.5. The first-order valence-corrected chi connectivity index (χ1v) is 7.28. The normalized spacial score (nSPS) is 18.1. The maximum absolute atomic E-state index is 12.2. The molecule has 0 radical (unpaired) electrons. The first-order valence-electron chi connectivity index (χ1n) is 7.28. The first-order chi connectivity index (χ1) is 9.52. The number of hydrogen-bond acceptors (Lipinski definition) is 3. The van der Waals surface area contributed by atoms with Gasteiger partial charge in [0.15, 0.2) is 0 Å². The number of ether oxygens (including phenoxy) is 1. The fourth-order valence-corrected chi connectivity index (χ4v) is 2.50. The number of anilines is 1. The number of benzene rings is 1. The molecular formula is C16H24N2O2. The van der Waals surface area contributed by atoms with Crippen LogP contribution in [0.3, 0.4) is 0 Å². The second-order valence-corrected chi connectivity index (χ2v) is 5.80. The smallest absolute Gasteiger partial charge is 0.242 e. The minimum atomic E-state index is -0.322. The van der Waals surface area contributed by atoms with Crippen molar-refractivity contribution in [2.45, 2.75) is 45.3 Å². The lowest BCUT2D eigenvalue weighted by atomic mass is 9.97. The van der Waals surface area contributed by atoms with Gasteiger partial charge in [0.25, 0.3) is 0 Å². The summed E-state index contributed by atoms with van der Waals surface area (Å²) in [5, 5.41) is 6.29. The summed E-state index contributed by atoms with van der Waals surface area (Å²) in [4.78, 5) is 12.2. The number of carbonyl (C=O) groups excluding carboxylic acids is 1. The Morgan fingerprint density at radius 1 is 1.45 bits per heavy atom. The summed E-state index contributed by atoms with van der Waals surface area (Å²) in [5.41, 5.74) is 2.03. The Kier molecular flexibility index (Phi) is 4.65. The molecule has 1 aromatic carbocycles. The third-order valence-corrected chi connectivity index (χ3v) is 3.59. The Morgan fingerprint density at radius 2 is 2.20 bits per heavy atom. The van der Waals surface area contributed by atoms with Crippen molar-refractivity contribution in [1.29, 1.82) is 0 Å². The maximum atomic E-state index is 12.2. The second-order valence-electron chi connectivity index (χ2n) is 5.80. The van der Waals surface area contributed by atoms with Crippen molar-refractivity contribution in [1.82, 2.24) is 5.32 Å². The van der Waals surface area contributed by atoms with Gasteiger partial charge in [-0.25, -0.2) is 0 Å². The van der Waals surface area contributed by atoms with Crippen molar-refractivity contribution in [3.8, 4) is 0 Å². The van der Waals surface area contributed by atoms with E-state index in [0.29, 0.717) is 13.2 Å². The maximum Gasteiger partial charge on any atom is 0.242 e. The molecule has 2 rings (SSSR count). The lowest BCUT2D eigenvalue weighted by Crippen LogP contribution is -2.47. The van der Waals surface area contributed by atoms with Gasteiger partial charge in [0.05, 0.1) is 5.60 Å². The van der Waals surface area contributed by atoms with Crippen molar-refractivity contribution < 1.29 is 9.53 Å². The van der Waals surface area contributed by atoms with E-state index < -0.39 is 0 Å². The van der Waals surface area contributed by atoms with E-state index in [0.717, 1.165) is 18.5 Å². The van der Waals surface area contributed by atoms with Crippen LogP contribution in [-0.2, 0) is 16.0 Å². The minimum absolute atomic E-state index is 0.0484. The lowest BCUT2D eigenvalue weighted by molar-refractivity contribution is -0.123. The Labute approximate surface area is 120 Å². The fraction of sp³-hybridized carbons (Fsp3) is 0.562. The van der Waals surface area contributed by atoms with Crippen molar-refractivity contribution in [2.24, 2.45) is 0 Å². The molecule has 110 valence electrons. The third kappa shape index (κ3) is 3.73. The van der Waals surface area contributed by atoms with E-state index in [2.05, 4.69) is 16.7 Å². The van der Waals surface area contributed by atoms with Crippen molar-refractivity contribution >= 4 is 11.6 Å². The van der Waals surface area contributed by atoms with E-state index in [1.165, 1.54) is 5.56 Å². The lowest BCUT2D eigenvalue weighted by Gasteiger charge is -2.29. The van der Waals surface area contributed by atoms with Gasteiger partial charge in [-0.15, -0.1) is 0 Å². The molecule has 4 heteroatoms. The Morgan fingerprint density at radius 3 is 2.95 bits per heavy atom. The van der Waals surface area contributed by atoms with Crippen LogP contribution in [0.15, 0.2) is 24.3 Å². The molecule has 0 aliphatic carbocycles.